The predicted octanol–water partition coefficient (Wildman–Crippen LogP) is 4.35. The van der Waals surface area contributed by atoms with E-state index < -0.39 is 0 Å². The molecule has 9 atom stereocenters. The molecule has 0 aromatic rings. The number of carbonyl (C=O) groups is 1. The molecule has 4 aliphatic rings. The van der Waals surface area contributed by atoms with Gasteiger partial charge in [-0.3, -0.25) is 0 Å². The van der Waals surface area contributed by atoms with Gasteiger partial charge in [0.2, 0.25) is 0 Å². The van der Waals surface area contributed by atoms with Gasteiger partial charge in [0.15, 0.2) is 0 Å². The van der Waals surface area contributed by atoms with Gasteiger partial charge < -0.3 is 11.7 Å². The van der Waals surface area contributed by atoms with Crippen molar-refractivity contribution in [1.29, 1.82) is 0 Å². The molecule has 0 N–H and O–H groups in total. The van der Waals surface area contributed by atoms with Crippen LogP contribution < -0.4 is 18.9 Å². The summed E-state index contributed by atoms with van der Waals surface area (Å²) in [6, 6.07) is 0. The van der Waals surface area contributed by atoms with E-state index in [1.54, 1.807) is 0 Å². The first-order valence-electron chi connectivity index (χ1n) is 12.5. The molecule has 0 aromatic carbocycles. The SMILES string of the molecule is [CH2-][C@H]1CC[C@]2(C)[C@H]3CC[C@]4(C)[C@@H]([C@H](C)CCCC(C)C)CC[C@H]4[C@@H]3C[C@]12C=O.[Li+]. The van der Waals surface area contributed by atoms with Crippen molar-refractivity contribution < 1.29 is 23.7 Å². The molecule has 0 spiro atoms. The molecular formula is C27H45LiO. The zero-order valence-corrected chi connectivity index (χ0v) is 20.3. The summed E-state index contributed by atoms with van der Waals surface area (Å²) >= 11 is 0. The van der Waals surface area contributed by atoms with Crippen LogP contribution in [0.5, 0.6) is 0 Å². The summed E-state index contributed by atoms with van der Waals surface area (Å²) in [5.74, 6) is 5.37. The standard InChI is InChI=1S/C27H45O.Li/c1-18(2)8-7-9-19(3)22-10-11-23-21-16-27(17-28)20(4)12-15-26(27,6)24(21)13-14-25(22,23)5;/h17-24H,4,7-16H2,1-3,5-6H3;/q-1;+1/t19-,20+,21+,22-,23+,24+,25-,26-,27+;/m1./s1. The molecule has 0 radical (unpaired) electrons. The average Bonchev–Trinajstić information content (AvgIpc) is 3.20. The summed E-state index contributed by atoms with van der Waals surface area (Å²) in [4.78, 5) is 12.4. The van der Waals surface area contributed by atoms with Crippen LogP contribution in [0.25, 0.3) is 0 Å². The average molecular weight is 393 g/mol. The van der Waals surface area contributed by atoms with Crippen LogP contribution in [0.3, 0.4) is 0 Å². The fraction of sp³-hybridized carbons (Fsp3) is 0.926. The molecule has 1 nitrogen and oxygen atoms in total. The van der Waals surface area contributed by atoms with Gasteiger partial charge in [0.05, 0.1) is 0 Å². The Morgan fingerprint density at radius 2 is 1.72 bits per heavy atom. The monoisotopic (exact) mass is 392 g/mol. The van der Waals surface area contributed by atoms with E-state index in [1.807, 2.05) is 0 Å². The van der Waals surface area contributed by atoms with E-state index in [-0.39, 0.29) is 29.7 Å². The van der Waals surface area contributed by atoms with Crippen LogP contribution in [-0.4, -0.2) is 6.29 Å². The van der Waals surface area contributed by atoms with Gasteiger partial charge >= 0.3 is 18.9 Å². The second-order valence-electron chi connectivity index (χ2n) is 12.4. The molecule has 4 fully saturated rings. The smallest absolute Gasteiger partial charge is 0.339 e. The Hall–Kier alpha value is 0.267. The zero-order valence-electron chi connectivity index (χ0n) is 20.3. The fourth-order valence-corrected chi connectivity index (χ4v) is 9.42. The van der Waals surface area contributed by atoms with Gasteiger partial charge in [-0.15, -0.1) is 0 Å². The predicted molar refractivity (Wildman–Crippen MR) is 118 cm³/mol. The molecule has 4 aliphatic carbocycles. The summed E-state index contributed by atoms with van der Waals surface area (Å²) in [5.41, 5.74) is 0.636. The molecule has 0 saturated heterocycles. The van der Waals surface area contributed by atoms with Crippen molar-refractivity contribution >= 4 is 6.29 Å². The van der Waals surface area contributed by atoms with Gasteiger partial charge in [-0.25, -0.2) is 0 Å². The van der Waals surface area contributed by atoms with Crippen molar-refractivity contribution in [2.24, 2.45) is 57.7 Å². The van der Waals surface area contributed by atoms with Crippen molar-refractivity contribution in [3.8, 4) is 0 Å². The van der Waals surface area contributed by atoms with E-state index >= 15 is 0 Å². The zero-order chi connectivity index (χ0) is 20.3. The maximum atomic E-state index is 12.4. The van der Waals surface area contributed by atoms with Gasteiger partial charge in [0.25, 0.3) is 0 Å². The van der Waals surface area contributed by atoms with Crippen LogP contribution in [0.15, 0.2) is 0 Å². The summed E-state index contributed by atoms with van der Waals surface area (Å²) in [6.07, 6.45) is 14.8. The minimum atomic E-state index is -0.117. The first-order valence-corrected chi connectivity index (χ1v) is 12.5. The molecule has 0 bridgehead atoms. The minimum absolute atomic E-state index is 0. The van der Waals surface area contributed by atoms with Crippen LogP contribution in [0.2, 0.25) is 0 Å². The summed E-state index contributed by atoms with van der Waals surface area (Å²) < 4.78 is 0. The van der Waals surface area contributed by atoms with Crippen molar-refractivity contribution in [1.82, 2.24) is 0 Å². The number of fused-ring (bicyclic) bond motifs is 5. The number of rotatable bonds is 6. The second-order valence-corrected chi connectivity index (χ2v) is 12.4. The van der Waals surface area contributed by atoms with Crippen molar-refractivity contribution in [2.75, 3.05) is 0 Å². The number of carbonyl (C=O) groups excluding carboxylic acids is 1. The van der Waals surface area contributed by atoms with E-state index in [9.17, 15) is 4.79 Å². The molecule has 0 heterocycles. The van der Waals surface area contributed by atoms with Crippen LogP contribution in [0.1, 0.15) is 98.8 Å². The van der Waals surface area contributed by atoms with Gasteiger partial charge in [-0.1, -0.05) is 60.3 Å². The van der Waals surface area contributed by atoms with Crippen LogP contribution >= 0.6 is 0 Å². The normalized spacial score (nSPS) is 49.3. The molecule has 4 saturated carbocycles. The summed E-state index contributed by atoms with van der Waals surface area (Å²) in [7, 11) is 0. The Balaban J connectivity index is 0.00000240. The fourth-order valence-electron chi connectivity index (χ4n) is 9.42. The van der Waals surface area contributed by atoms with Gasteiger partial charge in [-0.2, -0.15) is 5.92 Å². The quantitative estimate of drug-likeness (QED) is 0.373. The third-order valence-electron chi connectivity index (χ3n) is 11.0. The van der Waals surface area contributed by atoms with Crippen LogP contribution in [0, 0.1) is 64.6 Å². The molecule has 2 heteroatoms. The molecule has 29 heavy (non-hydrogen) atoms. The Morgan fingerprint density at radius 1 is 1.00 bits per heavy atom. The molecular weight excluding hydrogens is 347 g/mol. The molecule has 0 amide bonds. The molecule has 0 aliphatic heterocycles. The largest absolute Gasteiger partial charge is 1.00 e. The second kappa shape index (κ2) is 8.32. The van der Waals surface area contributed by atoms with Crippen molar-refractivity contribution in [3.63, 3.8) is 0 Å². The molecule has 160 valence electrons. The number of hydrogen-bond donors (Lipinski definition) is 0. The third kappa shape index (κ3) is 3.35. The Morgan fingerprint density at radius 3 is 2.38 bits per heavy atom. The van der Waals surface area contributed by atoms with Gasteiger partial charge in [0, 0.05) is 5.41 Å². The minimum Gasteiger partial charge on any atom is -0.339 e. The summed E-state index contributed by atoms with van der Waals surface area (Å²) in [5, 5.41) is 0. The molecule has 0 unspecified atom stereocenters. The maximum absolute atomic E-state index is 12.4. The van der Waals surface area contributed by atoms with Crippen LogP contribution in [-0.2, 0) is 4.79 Å². The topological polar surface area (TPSA) is 17.1 Å². The number of hydrogen-bond acceptors (Lipinski definition) is 1. The van der Waals surface area contributed by atoms with E-state index in [1.165, 1.54) is 57.7 Å². The first-order chi connectivity index (χ1) is 13.2. The Bertz CT molecular complexity index is 601. The maximum Gasteiger partial charge on any atom is 1.00 e. The molecule has 0 aromatic heterocycles. The third-order valence-corrected chi connectivity index (χ3v) is 11.0. The number of aldehydes is 1. The van der Waals surface area contributed by atoms with Crippen molar-refractivity contribution in [3.05, 3.63) is 6.92 Å². The van der Waals surface area contributed by atoms with Gasteiger partial charge in [0.1, 0.15) is 6.29 Å². The first kappa shape index (κ1) is 23.9. The van der Waals surface area contributed by atoms with Crippen molar-refractivity contribution in [2.45, 2.75) is 98.8 Å². The van der Waals surface area contributed by atoms with Crippen LogP contribution in [0.4, 0.5) is 0 Å². The van der Waals surface area contributed by atoms with E-state index in [0.29, 0.717) is 11.3 Å². The van der Waals surface area contributed by atoms with E-state index in [4.69, 9.17) is 0 Å². The van der Waals surface area contributed by atoms with E-state index in [2.05, 4.69) is 41.5 Å². The summed E-state index contributed by atoms with van der Waals surface area (Å²) in [6.45, 7) is 16.9. The Kier molecular flexibility index (Phi) is 6.86. The molecule has 4 rings (SSSR count). The van der Waals surface area contributed by atoms with Gasteiger partial charge in [-0.05, 0) is 84.9 Å². The van der Waals surface area contributed by atoms with E-state index in [0.717, 1.165) is 48.3 Å². The Labute approximate surface area is 193 Å².